The van der Waals surface area contributed by atoms with E-state index in [1.165, 1.54) is 18.5 Å². The zero-order valence-electron chi connectivity index (χ0n) is 10.3. The SMILES string of the molecule is OC(c1c(F)cccc1F)c1cccc2nccnc12. The fourth-order valence-corrected chi connectivity index (χ4v) is 2.16. The number of para-hydroxylation sites is 1. The molecule has 1 aromatic heterocycles. The van der Waals surface area contributed by atoms with Gasteiger partial charge in [-0.2, -0.15) is 0 Å². The fraction of sp³-hybridized carbons (Fsp3) is 0.0667. The van der Waals surface area contributed by atoms with Crippen LogP contribution < -0.4 is 0 Å². The van der Waals surface area contributed by atoms with E-state index < -0.39 is 17.7 Å². The quantitative estimate of drug-likeness (QED) is 0.780. The molecule has 0 aliphatic carbocycles. The van der Waals surface area contributed by atoms with Gasteiger partial charge >= 0.3 is 0 Å². The van der Waals surface area contributed by atoms with Crippen molar-refractivity contribution in [3.63, 3.8) is 0 Å². The maximum absolute atomic E-state index is 13.8. The zero-order valence-corrected chi connectivity index (χ0v) is 10.3. The van der Waals surface area contributed by atoms with Gasteiger partial charge in [0, 0.05) is 18.0 Å². The van der Waals surface area contributed by atoms with Crippen molar-refractivity contribution >= 4 is 11.0 Å². The lowest BCUT2D eigenvalue weighted by molar-refractivity contribution is 0.210. The summed E-state index contributed by atoms with van der Waals surface area (Å²) in [6.45, 7) is 0. The summed E-state index contributed by atoms with van der Waals surface area (Å²) in [4.78, 5) is 8.22. The van der Waals surface area contributed by atoms with Crippen LogP contribution >= 0.6 is 0 Å². The summed E-state index contributed by atoms with van der Waals surface area (Å²) in [5.41, 5.74) is 0.913. The van der Waals surface area contributed by atoms with Crippen molar-refractivity contribution in [1.29, 1.82) is 0 Å². The average molecular weight is 272 g/mol. The first-order chi connectivity index (χ1) is 9.68. The Morgan fingerprint density at radius 3 is 2.30 bits per heavy atom. The Bertz CT molecular complexity index is 751. The van der Waals surface area contributed by atoms with E-state index in [2.05, 4.69) is 9.97 Å². The third-order valence-corrected chi connectivity index (χ3v) is 3.10. The van der Waals surface area contributed by atoms with E-state index in [1.54, 1.807) is 18.2 Å². The summed E-state index contributed by atoms with van der Waals surface area (Å²) in [5, 5.41) is 10.3. The number of aromatic nitrogens is 2. The van der Waals surface area contributed by atoms with Crippen LogP contribution in [0.25, 0.3) is 11.0 Å². The predicted octanol–water partition coefficient (Wildman–Crippen LogP) is 2.99. The van der Waals surface area contributed by atoms with Crippen LogP contribution in [0.15, 0.2) is 48.8 Å². The monoisotopic (exact) mass is 272 g/mol. The van der Waals surface area contributed by atoms with Crippen molar-refractivity contribution in [2.75, 3.05) is 0 Å². The molecule has 1 unspecified atom stereocenters. The summed E-state index contributed by atoms with van der Waals surface area (Å²) in [6, 6.07) is 8.43. The highest BCUT2D eigenvalue weighted by Gasteiger charge is 2.21. The molecule has 0 radical (unpaired) electrons. The Balaban J connectivity index is 2.21. The average Bonchev–Trinajstić information content (AvgIpc) is 2.46. The van der Waals surface area contributed by atoms with Crippen LogP contribution in [0, 0.1) is 11.6 Å². The molecule has 0 saturated heterocycles. The minimum absolute atomic E-state index is 0.319. The molecule has 20 heavy (non-hydrogen) atoms. The molecule has 0 aliphatic rings. The highest BCUT2D eigenvalue weighted by molar-refractivity contribution is 5.78. The molecule has 0 aliphatic heterocycles. The number of halogens is 2. The molecule has 3 nitrogen and oxygen atoms in total. The van der Waals surface area contributed by atoms with Crippen LogP contribution in [0.3, 0.4) is 0 Å². The first-order valence-electron chi connectivity index (χ1n) is 6.00. The van der Waals surface area contributed by atoms with E-state index in [4.69, 9.17) is 0 Å². The maximum Gasteiger partial charge on any atom is 0.132 e. The van der Waals surface area contributed by atoms with E-state index in [-0.39, 0.29) is 5.56 Å². The van der Waals surface area contributed by atoms with Crippen molar-refractivity contribution in [3.8, 4) is 0 Å². The summed E-state index contributed by atoms with van der Waals surface area (Å²) >= 11 is 0. The van der Waals surface area contributed by atoms with E-state index in [1.807, 2.05) is 0 Å². The van der Waals surface area contributed by atoms with Crippen LogP contribution in [0.2, 0.25) is 0 Å². The maximum atomic E-state index is 13.8. The topological polar surface area (TPSA) is 46.0 Å². The largest absolute Gasteiger partial charge is 0.383 e. The number of hydrogen-bond donors (Lipinski definition) is 1. The Kier molecular flexibility index (Phi) is 3.12. The normalized spacial score (nSPS) is 12.6. The third-order valence-electron chi connectivity index (χ3n) is 3.10. The molecule has 0 fully saturated rings. The van der Waals surface area contributed by atoms with Crippen molar-refractivity contribution in [2.24, 2.45) is 0 Å². The molecular formula is C15H10F2N2O. The van der Waals surface area contributed by atoms with Gasteiger partial charge < -0.3 is 5.11 Å². The van der Waals surface area contributed by atoms with E-state index >= 15 is 0 Å². The van der Waals surface area contributed by atoms with Gasteiger partial charge in [0.05, 0.1) is 16.6 Å². The number of benzene rings is 2. The van der Waals surface area contributed by atoms with Gasteiger partial charge in [-0.15, -0.1) is 0 Å². The third kappa shape index (κ3) is 2.02. The van der Waals surface area contributed by atoms with Crippen LogP contribution in [0.4, 0.5) is 8.78 Å². The second-order valence-electron chi connectivity index (χ2n) is 4.31. The molecule has 2 aromatic carbocycles. The van der Waals surface area contributed by atoms with Crippen LogP contribution in [0.1, 0.15) is 17.2 Å². The predicted molar refractivity (Wildman–Crippen MR) is 70.0 cm³/mol. The van der Waals surface area contributed by atoms with Crippen molar-refractivity contribution < 1.29 is 13.9 Å². The van der Waals surface area contributed by atoms with E-state index in [9.17, 15) is 13.9 Å². The number of aliphatic hydroxyl groups excluding tert-OH is 1. The molecule has 5 heteroatoms. The lowest BCUT2D eigenvalue weighted by atomic mass is 9.99. The van der Waals surface area contributed by atoms with Crippen LogP contribution in [0.5, 0.6) is 0 Å². The highest BCUT2D eigenvalue weighted by atomic mass is 19.1. The van der Waals surface area contributed by atoms with Gasteiger partial charge in [0.2, 0.25) is 0 Å². The van der Waals surface area contributed by atoms with E-state index in [0.717, 1.165) is 12.1 Å². The first kappa shape index (κ1) is 12.6. The summed E-state index contributed by atoms with van der Waals surface area (Å²) in [5.74, 6) is -1.59. The number of rotatable bonds is 2. The summed E-state index contributed by atoms with van der Waals surface area (Å²) in [7, 11) is 0. The molecule has 100 valence electrons. The first-order valence-corrected chi connectivity index (χ1v) is 6.00. The number of aliphatic hydroxyl groups is 1. The van der Waals surface area contributed by atoms with Crippen molar-refractivity contribution in [1.82, 2.24) is 9.97 Å². The lowest BCUT2D eigenvalue weighted by Gasteiger charge is -2.14. The van der Waals surface area contributed by atoms with Gasteiger partial charge in [0.15, 0.2) is 0 Å². The number of hydrogen-bond acceptors (Lipinski definition) is 3. The van der Waals surface area contributed by atoms with Gasteiger partial charge in [-0.25, -0.2) is 8.78 Å². The second-order valence-corrected chi connectivity index (χ2v) is 4.31. The molecule has 0 saturated carbocycles. The fourth-order valence-electron chi connectivity index (χ4n) is 2.16. The standard InChI is InChI=1S/C15H10F2N2O/c16-10-4-2-5-11(17)13(10)15(20)9-3-1-6-12-14(9)19-8-7-18-12/h1-8,15,20H. The van der Waals surface area contributed by atoms with Gasteiger partial charge in [-0.05, 0) is 18.2 Å². The molecular weight excluding hydrogens is 262 g/mol. The Hall–Kier alpha value is -2.40. The Morgan fingerprint density at radius 2 is 1.55 bits per heavy atom. The minimum atomic E-state index is -1.43. The smallest absolute Gasteiger partial charge is 0.132 e. The number of fused-ring (bicyclic) bond motifs is 1. The molecule has 0 spiro atoms. The molecule has 0 amide bonds. The van der Waals surface area contributed by atoms with Gasteiger partial charge in [-0.3, -0.25) is 9.97 Å². The van der Waals surface area contributed by atoms with Gasteiger partial charge in [0.25, 0.3) is 0 Å². The van der Waals surface area contributed by atoms with Crippen LogP contribution in [-0.2, 0) is 0 Å². The van der Waals surface area contributed by atoms with Gasteiger partial charge in [0.1, 0.15) is 17.7 Å². The minimum Gasteiger partial charge on any atom is -0.383 e. The lowest BCUT2D eigenvalue weighted by Crippen LogP contribution is -2.07. The summed E-state index contributed by atoms with van der Waals surface area (Å²) < 4.78 is 27.5. The van der Waals surface area contributed by atoms with Crippen molar-refractivity contribution in [3.05, 3.63) is 71.6 Å². The Morgan fingerprint density at radius 1 is 0.900 bits per heavy atom. The number of nitrogens with zero attached hydrogens (tertiary/aromatic N) is 2. The van der Waals surface area contributed by atoms with Crippen molar-refractivity contribution in [2.45, 2.75) is 6.10 Å². The highest BCUT2D eigenvalue weighted by Crippen LogP contribution is 2.30. The zero-order chi connectivity index (χ0) is 14.1. The molecule has 3 rings (SSSR count). The molecule has 1 atom stereocenters. The molecule has 1 heterocycles. The van der Waals surface area contributed by atoms with Crippen LogP contribution in [-0.4, -0.2) is 15.1 Å². The van der Waals surface area contributed by atoms with E-state index in [0.29, 0.717) is 16.6 Å². The van der Waals surface area contributed by atoms with Gasteiger partial charge in [-0.1, -0.05) is 18.2 Å². The Labute approximate surface area is 113 Å². The molecule has 0 bridgehead atoms. The molecule has 3 aromatic rings. The molecule has 1 N–H and O–H groups in total. The second kappa shape index (κ2) is 4.94. The summed E-state index contributed by atoms with van der Waals surface area (Å²) in [6.07, 6.45) is 1.55.